The zero-order chi connectivity index (χ0) is 9.26. The zero-order valence-electron chi connectivity index (χ0n) is 7.54. The quantitative estimate of drug-likeness (QED) is 0.743. The molecule has 0 spiro atoms. The summed E-state index contributed by atoms with van der Waals surface area (Å²) in [5.41, 5.74) is 3.14. The van der Waals surface area contributed by atoms with Crippen LogP contribution in [0, 0.1) is 0 Å². The van der Waals surface area contributed by atoms with E-state index in [1.165, 1.54) is 0 Å². The van der Waals surface area contributed by atoms with E-state index in [9.17, 15) is 0 Å². The fourth-order valence-corrected chi connectivity index (χ4v) is 1.57. The van der Waals surface area contributed by atoms with Crippen molar-refractivity contribution < 1.29 is 14.6 Å². The van der Waals surface area contributed by atoms with E-state index in [2.05, 4.69) is 0 Å². The number of methoxy groups -OCH3 is 1. The van der Waals surface area contributed by atoms with Gasteiger partial charge in [-0.15, -0.1) is 0 Å². The topological polar surface area (TPSA) is 38.7 Å². The van der Waals surface area contributed by atoms with Gasteiger partial charge < -0.3 is 14.6 Å². The normalized spacial score (nSPS) is 14.3. The fourth-order valence-electron chi connectivity index (χ4n) is 1.57. The number of hydrogen-bond donors (Lipinski definition) is 1. The van der Waals surface area contributed by atoms with Gasteiger partial charge in [0.2, 0.25) is 0 Å². The van der Waals surface area contributed by atoms with E-state index >= 15 is 0 Å². The average Bonchev–Trinajstić information content (AvgIpc) is 2.62. The lowest BCUT2D eigenvalue weighted by Crippen LogP contribution is -1.95. The minimum Gasteiger partial charge on any atom is -0.496 e. The van der Waals surface area contributed by atoms with Crippen LogP contribution >= 0.6 is 0 Å². The number of aliphatic hydroxyl groups is 1. The summed E-state index contributed by atoms with van der Waals surface area (Å²) in [6.07, 6.45) is 0. The summed E-state index contributed by atoms with van der Waals surface area (Å²) in [6.45, 7) is 1.31. The maximum atomic E-state index is 9.06. The first-order valence-electron chi connectivity index (χ1n) is 4.22. The Morgan fingerprint density at radius 1 is 1.38 bits per heavy atom. The van der Waals surface area contributed by atoms with Crippen molar-refractivity contribution in [2.24, 2.45) is 0 Å². The molecule has 1 N–H and O–H groups in total. The van der Waals surface area contributed by atoms with Crippen molar-refractivity contribution >= 4 is 0 Å². The third kappa shape index (κ3) is 1.41. The second-order valence-electron chi connectivity index (χ2n) is 3.08. The number of rotatable bonds is 2. The smallest absolute Gasteiger partial charge is 0.124 e. The molecular weight excluding hydrogens is 168 g/mol. The first-order valence-corrected chi connectivity index (χ1v) is 4.22. The van der Waals surface area contributed by atoms with Crippen LogP contribution in [-0.2, 0) is 24.6 Å². The summed E-state index contributed by atoms with van der Waals surface area (Å²) in [4.78, 5) is 0. The molecule has 0 fully saturated rings. The van der Waals surface area contributed by atoms with Gasteiger partial charge in [-0.3, -0.25) is 0 Å². The first-order chi connectivity index (χ1) is 6.35. The number of hydrogen-bond acceptors (Lipinski definition) is 3. The van der Waals surface area contributed by atoms with Crippen molar-refractivity contribution in [3.8, 4) is 5.75 Å². The second kappa shape index (κ2) is 3.36. The van der Waals surface area contributed by atoms with Crippen LogP contribution in [0.3, 0.4) is 0 Å². The highest BCUT2D eigenvalue weighted by Crippen LogP contribution is 2.28. The first kappa shape index (κ1) is 8.53. The van der Waals surface area contributed by atoms with Crippen molar-refractivity contribution in [2.75, 3.05) is 7.11 Å². The van der Waals surface area contributed by atoms with E-state index in [1.54, 1.807) is 7.11 Å². The van der Waals surface area contributed by atoms with Crippen LogP contribution in [0.5, 0.6) is 5.75 Å². The molecule has 0 aromatic heterocycles. The fraction of sp³-hybridized carbons (Fsp3) is 0.400. The molecular formula is C10H12O3. The minimum absolute atomic E-state index is 0.0104. The van der Waals surface area contributed by atoms with Crippen LogP contribution in [0.1, 0.15) is 16.7 Å². The van der Waals surface area contributed by atoms with Gasteiger partial charge in [0, 0.05) is 5.56 Å². The van der Waals surface area contributed by atoms with Gasteiger partial charge in [0.05, 0.1) is 26.9 Å². The number of ether oxygens (including phenoxy) is 2. The van der Waals surface area contributed by atoms with Crippen LogP contribution in [0.2, 0.25) is 0 Å². The molecule has 0 unspecified atom stereocenters. The van der Waals surface area contributed by atoms with Crippen molar-refractivity contribution in [1.29, 1.82) is 0 Å². The van der Waals surface area contributed by atoms with E-state index < -0.39 is 0 Å². The van der Waals surface area contributed by atoms with Gasteiger partial charge in [0.25, 0.3) is 0 Å². The van der Waals surface area contributed by atoms with Crippen molar-refractivity contribution in [3.63, 3.8) is 0 Å². The molecule has 0 amide bonds. The van der Waals surface area contributed by atoms with Crippen LogP contribution in [0.4, 0.5) is 0 Å². The van der Waals surface area contributed by atoms with Crippen molar-refractivity contribution in [3.05, 3.63) is 28.8 Å². The highest BCUT2D eigenvalue weighted by Gasteiger charge is 2.14. The Bertz CT molecular complexity index is 289. The molecule has 0 radical (unpaired) electrons. The molecule has 1 aromatic rings. The summed E-state index contributed by atoms with van der Waals surface area (Å²) in [7, 11) is 1.61. The standard InChI is InChI=1S/C10H12O3/c1-12-10-3-9-6-13-5-8(9)2-7(10)4-11/h2-3,11H,4-6H2,1H3. The van der Waals surface area contributed by atoms with Gasteiger partial charge in [0.15, 0.2) is 0 Å². The monoisotopic (exact) mass is 180 g/mol. The van der Waals surface area contributed by atoms with Crippen LogP contribution in [0.25, 0.3) is 0 Å². The molecule has 1 heterocycles. The molecule has 1 aromatic carbocycles. The van der Waals surface area contributed by atoms with E-state index in [-0.39, 0.29) is 6.61 Å². The lowest BCUT2D eigenvalue weighted by atomic mass is 10.1. The van der Waals surface area contributed by atoms with Gasteiger partial charge in [0.1, 0.15) is 5.75 Å². The van der Waals surface area contributed by atoms with E-state index in [4.69, 9.17) is 14.6 Å². The molecule has 0 aliphatic carbocycles. The summed E-state index contributed by atoms with van der Waals surface area (Å²) >= 11 is 0. The summed E-state index contributed by atoms with van der Waals surface area (Å²) in [5, 5.41) is 9.06. The van der Waals surface area contributed by atoms with Gasteiger partial charge >= 0.3 is 0 Å². The van der Waals surface area contributed by atoms with Gasteiger partial charge in [-0.05, 0) is 23.3 Å². The Kier molecular flexibility index (Phi) is 2.20. The molecule has 13 heavy (non-hydrogen) atoms. The predicted molar refractivity (Wildman–Crippen MR) is 47.4 cm³/mol. The number of benzene rings is 1. The van der Waals surface area contributed by atoms with Crippen molar-refractivity contribution in [2.45, 2.75) is 19.8 Å². The molecule has 3 heteroatoms. The zero-order valence-corrected chi connectivity index (χ0v) is 7.54. The van der Waals surface area contributed by atoms with Gasteiger partial charge in [-0.25, -0.2) is 0 Å². The highest BCUT2D eigenvalue weighted by atomic mass is 16.5. The largest absolute Gasteiger partial charge is 0.496 e. The van der Waals surface area contributed by atoms with Gasteiger partial charge in [-0.1, -0.05) is 0 Å². The average molecular weight is 180 g/mol. The lowest BCUT2D eigenvalue weighted by Gasteiger charge is -2.08. The Morgan fingerprint density at radius 2 is 2.08 bits per heavy atom. The van der Waals surface area contributed by atoms with Gasteiger partial charge in [-0.2, -0.15) is 0 Å². The molecule has 1 aliphatic heterocycles. The third-order valence-corrected chi connectivity index (χ3v) is 2.29. The molecule has 1 aliphatic rings. The van der Waals surface area contributed by atoms with E-state index in [1.807, 2.05) is 12.1 Å². The Morgan fingerprint density at radius 3 is 2.69 bits per heavy atom. The molecule has 0 bridgehead atoms. The minimum atomic E-state index is 0.0104. The number of aliphatic hydroxyl groups excluding tert-OH is 1. The summed E-state index contributed by atoms with van der Waals surface area (Å²) < 4.78 is 10.4. The molecule has 70 valence electrons. The van der Waals surface area contributed by atoms with E-state index in [0.717, 1.165) is 22.4 Å². The molecule has 2 rings (SSSR count). The molecule has 0 saturated heterocycles. The van der Waals surface area contributed by atoms with Crippen LogP contribution in [0.15, 0.2) is 12.1 Å². The maximum absolute atomic E-state index is 9.06. The Balaban J connectivity index is 2.47. The molecule has 0 atom stereocenters. The Hall–Kier alpha value is -1.06. The van der Waals surface area contributed by atoms with E-state index in [0.29, 0.717) is 13.2 Å². The summed E-state index contributed by atoms with van der Waals surface area (Å²) in [6, 6.07) is 3.88. The second-order valence-corrected chi connectivity index (χ2v) is 3.08. The maximum Gasteiger partial charge on any atom is 0.124 e. The molecule has 0 saturated carbocycles. The lowest BCUT2D eigenvalue weighted by molar-refractivity contribution is 0.134. The Labute approximate surface area is 76.9 Å². The van der Waals surface area contributed by atoms with Crippen molar-refractivity contribution in [1.82, 2.24) is 0 Å². The molecule has 3 nitrogen and oxygen atoms in total. The predicted octanol–water partition coefficient (Wildman–Crippen LogP) is 1.22. The summed E-state index contributed by atoms with van der Waals surface area (Å²) in [5.74, 6) is 0.742. The SMILES string of the molecule is COc1cc2c(cc1CO)COC2. The highest BCUT2D eigenvalue weighted by molar-refractivity contribution is 5.43. The third-order valence-electron chi connectivity index (χ3n) is 2.29. The number of fused-ring (bicyclic) bond motifs is 1. The van der Waals surface area contributed by atoms with Crippen LogP contribution in [-0.4, -0.2) is 12.2 Å². The van der Waals surface area contributed by atoms with Crippen LogP contribution < -0.4 is 4.74 Å².